The molecule has 2 rings (SSSR count). The maximum absolute atomic E-state index is 12.1. The van der Waals surface area contributed by atoms with E-state index >= 15 is 0 Å². The third kappa shape index (κ3) is 5.01. The van der Waals surface area contributed by atoms with Crippen molar-refractivity contribution in [2.75, 3.05) is 0 Å². The van der Waals surface area contributed by atoms with Gasteiger partial charge in [-0.3, -0.25) is 9.88 Å². The summed E-state index contributed by atoms with van der Waals surface area (Å²) in [6.45, 7) is 1.68. The number of allylic oxidation sites excluding steroid dienone is 3. The molecule has 0 saturated heterocycles. The second-order valence-corrected chi connectivity index (χ2v) is 7.36. The zero-order valence-electron chi connectivity index (χ0n) is 13.4. The lowest BCUT2D eigenvalue weighted by atomic mass is 9.81. The molecule has 9 heteroatoms. The highest BCUT2D eigenvalue weighted by molar-refractivity contribution is 7.49. The maximum Gasteiger partial charge on any atom is 0.427 e. The Hall–Kier alpha value is -1.96. The molecule has 0 heterocycles. The van der Waals surface area contributed by atoms with Crippen molar-refractivity contribution in [2.45, 2.75) is 25.0 Å². The fraction of sp³-hybridized carbons (Fsp3) is 0.312. The van der Waals surface area contributed by atoms with E-state index in [1.165, 1.54) is 24.3 Å². The van der Waals surface area contributed by atoms with Crippen molar-refractivity contribution in [3.05, 3.63) is 53.8 Å². The quantitative estimate of drug-likeness (QED) is 0.320. The summed E-state index contributed by atoms with van der Waals surface area (Å²) in [4.78, 5) is 30.3. The Morgan fingerprint density at radius 3 is 2.60 bits per heavy atom. The summed E-state index contributed by atoms with van der Waals surface area (Å²) in [5, 5.41) is 32.4. The highest BCUT2D eigenvalue weighted by atomic mass is 31.2. The van der Waals surface area contributed by atoms with E-state index in [-0.39, 0.29) is 17.9 Å². The number of ketones is 1. The van der Waals surface area contributed by atoms with E-state index in [1.807, 2.05) is 5.09 Å². The number of phenolic OH excluding ortho intramolecular Hbond substituents is 1. The van der Waals surface area contributed by atoms with Crippen LogP contribution in [0.25, 0.3) is 0 Å². The number of rotatable bonds is 6. The largest absolute Gasteiger partial charge is 0.508 e. The second kappa shape index (κ2) is 7.11. The number of carbonyl (C=O) groups excluding carboxylic acids is 1. The Bertz CT molecular complexity index is 766. The molecule has 2 atom stereocenters. The number of carbonyl (C=O) groups is 1. The lowest BCUT2D eigenvalue weighted by Gasteiger charge is -2.34. The second-order valence-electron chi connectivity index (χ2n) is 6.05. The molecule has 0 radical (unpaired) electrons. The summed E-state index contributed by atoms with van der Waals surface area (Å²) in [6, 6.07) is 6.23. The van der Waals surface area contributed by atoms with Crippen molar-refractivity contribution in [3.63, 3.8) is 0 Å². The summed E-state index contributed by atoms with van der Waals surface area (Å²) < 4.78 is 11.2. The summed E-state index contributed by atoms with van der Waals surface area (Å²) >= 11 is 0. The van der Waals surface area contributed by atoms with Gasteiger partial charge in [-0.15, -0.1) is 0 Å². The fourth-order valence-corrected chi connectivity index (χ4v) is 3.40. The molecule has 1 aromatic rings. The van der Waals surface area contributed by atoms with Gasteiger partial charge < -0.3 is 25.1 Å². The lowest BCUT2D eigenvalue weighted by Crippen LogP contribution is -2.46. The number of phenols is 1. The lowest BCUT2D eigenvalue weighted by molar-refractivity contribution is -0.198. The first-order valence-corrected chi connectivity index (χ1v) is 9.10. The molecular weight excluding hydrogens is 349 g/mol. The Labute approximate surface area is 144 Å². The van der Waals surface area contributed by atoms with Gasteiger partial charge in [-0.05, 0) is 35.8 Å². The Morgan fingerprint density at radius 2 is 2.00 bits per heavy atom. The molecule has 0 fully saturated rings. The van der Waals surface area contributed by atoms with E-state index in [0.29, 0.717) is 5.56 Å². The van der Waals surface area contributed by atoms with Crippen LogP contribution in [0, 0.1) is 5.92 Å². The standard InChI is InChI=1S/C16H20NO7P/c1-10(11-4-2-5-12(18)8-11)9-16(20,21)15-13(17-25(22,23)24)6-3-7-14(15)19/h2-8,10,15,18,20-21H,9H2,1H3,(H3,17,22,23,24). The van der Waals surface area contributed by atoms with Crippen molar-refractivity contribution in [3.8, 4) is 5.75 Å². The van der Waals surface area contributed by atoms with Crippen LogP contribution in [0.5, 0.6) is 5.75 Å². The molecule has 0 aliphatic heterocycles. The third-order valence-corrected chi connectivity index (χ3v) is 4.46. The monoisotopic (exact) mass is 369 g/mol. The van der Waals surface area contributed by atoms with E-state index in [9.17, 15) is 24.7 Å². The fourth-order valence-electron chi connectivity index (χ4n) is 2.86. The number of nitrogens with one attached hydrogen (secondary N) is 1. The van der Waals surface area contributed by atoms with Crippen LogP contribution in [0.2, 0.25) is 0 Å². The first-order chi connectivity index (χ1) is 11.5. The zero-order valence-corrected chi connectivity index (χ0v) is 14.3. The van der Waals surface area contributed by atoms with Gasteiger partial charge in [0.2, 0.25) is 0 Å². The molecule has 1 aromatic carbocycles. The summed E-state index contributed by atoms with van der Waals surface area (Å²) in [6.07, 6.45) is 3.30. The number of hydrogen-bond acceptors (Lipinski definition) is 5. The van der Waals surface area contributed by atoms with Crippen LogP contribution in [-0.4, -0.2) is 36.7 Å². The van der Waals surface area contributed by atoms with E-state index in [0.717, 1.165) is 6.08 Å². The summed E-state index contributed by atoms with van der Waals surface area (Å²) in [7, 11) is -4.73. The van der Waals surface area contributed by atoms with Crippen LogP contribution in [-0.2, 0) is 9.36 Å². The van der Waals surface area contributed by atoms with Gasteiger partial charge in [0.1, 0.15) is 11.7 Å². The van der Waals surface area contributed by atoms with E-state index in [2.05, 4.69) is 0 Å². The molecule has 0 amide bonds. The van der Waals surface area contributed by atoms with Crippen molar-refractivity contribution in [2.24, 2.45) is 5.92 Å². The first-order valence-electron chi connectivity index (χ1n) is 7.49. The minimum Gasteiger partial charge on any atom is -0.508 e. The minimum absolute atomic E-state index is 0.0197. The van der Waals surface area contributed by atoms with E-state index < -0.39 is 31.2 Å². The van der Waals surface area contributed by atoms with Crippen LogP contribution in [0.4, 0.5) is 0 Å². The normalized spacial score (nSPS) is 19.5. The molecule has 0 aromatic heterocycles. The highest BCUT2D eigenvalue weighted by Gasteiger charge is 2.44. The van der Waals surface area contributed by atoms with Gasteiger partial charge in [0.05, 0.1) is 0 Å². The average Bonchev–Trinajstić information content (AvgIpc) is 2.44. The van der Waals surface area contributed by atoms with Crippen LogP contribution in [0.15, 0.2) is 48.2 Å². The minimum atomic E-state index is -4.73. The Balaban J connectivity index is 2.26. The zero-order chi connectivity index (χ0) is 18.8. The molecule has 0 saturated carbocycles. The molecule has 0 spiro atoms. The van der Waals surface area contributed by atoms with Crippen molar-refractivity contribution < 1.29 is 34.5 Å². The third-order valence-electron chi connectivity index (χ3n) is 3.91. The molecule has 136 valence electrons. The Kier molecular flexibility index (Phi) is 5.51. The van der Waals surface area contributed by atoms with Gasteiger partial charge >= 0.3 is 7.75 Å². The number of benzene rings is 1. The molecule has 8 nitrogen and oxygen atoms in total. The van der Waals surface area contributed by atoms with Crippen LogP contribution >= 0.6 is 7.75 Å². The Morgan fingerprint density at radius 1 is 1.32 bits per heavy atom. The smallest absolute Gasteiger partial charge is 0.427 e. The van der Waals surface area contributed by atoms with Crippen molar-refractivity contribution in [1.82, 2.24) is 5.09 Å². The number of aromatic hydroxyl groups is 1. The van der Waals surface area contributed by atoms with Gasteiger partial charge in [-0.1, -0.05) is 25.1 Å². The molecule has 2 unspecified atom stereocenters. The predicted molar refractivity (Wildman–Crippen MR) is 89.2 cm³/mol. The predicted octanol–water partition coefficient (Wildman–Crippen LogP) is 0.888. The average molecular weight is 369 g/mol. The van der Waals surface area contributed by atoms with Gasteiger partial charge in [-0.25, -0.2) is 4.57 Å². The first kappa shape index (κ1) is 19.4. The number of aliphatic hydroxyl groups is 2. The van der Waals surface area contributed by atoms with Crippen molar-refractivity contribution in [1.29, 1.82) is 0 Å². The molecule has 6 N–H and O–H groups in total. The number of hydrogen-bond donors (Lipinski definition) is 6. The van der Waals surface area contributed by atoms with Gasteiger partial charge in [-0.2, -0.15) is 0 Å². The molecule has 1 aliphatic rings. The van der Waals surface area contributed by atoms with Crippen LogP contribution < -0.4 is 5.09 Å². The SMILES string of the molecule is CC(CC(O)(O)C1C(=O)C=CC=C1NP(=O)(O)O)c1cccc(O)c1. The van der Waals surface area contributed by atoms with Crippen molar-refractivity contribution >= 4 is 13.5 Å². The van der Waals surface area contributed by atoms with Crippen LogP contribution in [0.3, 0.4) is 0 Å². The molecular formula is C16H20NO7P. The molecule has 1 aliphatic carbocycles. The van der Waals surface area contributed by atoms with Gasteiger partial charge in [0.15, 0.2) is 11.6 Å². The van der Waals surface area contributed by atoms with E-state index in [1.54, 1.807) is 19.1 Å². The molecule has 0 bridgehead atoms. The maximum atomic E-state index is 12.1. The summed E-state index contributed by atoms with van der Waals surface area (Å²) in [5.41, 5.74) is 0.355. The van der Waals surface area contributed by atoms with E-state index in [4.69, 9.17) is 9.79 Å². The highest BCUT2D eigenvalue weighted by Crippen LogP contribution is 2.39. The topological polar surface area (TPSA) is 147 Å². The van der Waals surface area contributed by atoms with Gasteiger partial charge in [0, 0.05) is 12.1 Å². The van der Waals surface area contributed by atoms with Gasteiger partial charge in [0.25, 0.3) is 0 Å². The molecule has 25 heavy (non-hydrogen) atoms. The van der Waals surface area contributed by atoms with Crippen LogP contribution in [0.1, 0.15) is 24.8 Å². The summed E-state index contributed by atoms with van der Waals surface area (Å²) in [5.74, 6) is -5.24.